The van der Waals surface area contributed by atoms with Gasteiger partial charge in [-0.25, -0.2) is 0 Å². The summed E-state index contributed by atoms with van der Waals surface area (Å²) >= 11 is 0. The second kappa shape index (κ2) is 9.03. The normalized spacial score (nSPS) is 28.5. The summed E-state index contributed by atoms with van der Waals surface area (Å²) in [5.41, 5.74) is 0. The number of carbonyl (C=O) groups is 1. The number of hydrogen-bond donors (Lipinski definition) is 0. The molecule has 2 aliphatic rings. The van der Waals surface area contributed by atoms with Gasteiger partial charge in [-0.1, -0.05) is 6.92 Å². The predicted octanol–water partition coefficient (Wildman–Crippen LogP) is 3.30. The van der Waals surface area contributed by atoms with E-state index in [-0.39, 0.29) is 12.0 Å². The SMILES string of the molecule is CO[C@H](C)CCC(=O)N(C)C1CCN(C2CCC(C)CC2)CC1. The van der Waals surface area contributed by atoms with E-state index in [0.717, 1.165) is 44.3 Å². The molecule has 1 heterocycles. The van der Waals surface area contributed by atoms with Crippen LogP contribution in [0.1, 0.15) is 65.2 Å². The molecule has 0 aromatic carbocycles. The number of amides is 1. The lowest BCUT2D eigenvalue weighted by atomic mass is 9.85. The van der Waals surface area contributed by atoms with Crippen molar-refractivity contribution in [1.29, 1.82) is 0 Å². The van der Waals surface area contributed by atoms with Gasteiger partial charge < -0.3 is 14.5 Å². The van der Waals surface area contributed by atoms with Gasteiger partial charge >= 0.3 is 0 Å². The molecule has 4 heteroatoms. The largest absolute Gasteiger partial charge is 0.382 e. The van der Waals surface area contributed by atoms with Gasteiger partial charge in [0, 0.05) is 45.8 Å². The molecule has 1 saturated carbocycles. The lowest BCUT2D eigenvalue weighted by molar-refractivity contribution is -0.133. The Kier molecular flexibility index (Phi) is 7.35. The third-order valence-corrected chi connectivity index (χ3v) is 6.11. The van der Waals surface area contributed by atoms with Crippen molar-refractivity contribution in [2.24, 2.45) is 5.92 Å². The molecule has 0 radical (unpaired) electrons. The zero-order valence-electron chi connectivity index (χ0n) is 15.6. The van der Waals surface area contributed by atoms with Gasteiger partial charge in [-0.2, -0.15) is 0 Å². The highest BCUT2D eigenvalue weighted by atomic mass is 16.5. The van der Waals surface area contributed by atoms with Crippen LogP contribution < -0.4 is 0 Å². The van der Waals surface area contributed by atoms with Crippen LogP contribution in [-0.2, 0) is 9.53 Å². The van der Waals surface area contributed by atoms with E-state index < -0.39 is 0 Å². The zero-order valence-corrected chi connectivity index (χ0v) is 15.6. The summed E-state index contributed by atoms with van der Waals surface area (Å²) < 4.78 is 5.24. The summed E-state index contributed by atoms with van der Waals surface area (Å²) in [4.78, 5) is 17.0. The lowest BCUT2D eigenvalue weighted by Crippen LogP contribution is -2.49. The van der Waals surface area contributed by atoms with Gasteiger partial charge in [-0.15, -0.1) is 0 Å². The van der Waals surface area contributed by atoms with Crippen molar-refractivity contribution in [3.05, 3.63) is 0 Å². The van der Waals surface area contributed by atoms with E-state index in [1.807, 2.05) is 18.9 Å². The molecule has 2 rings (SSSR count). The number of piperidine rings is 1. The first-order valence-corrected chi connectivity index (χ1v) is 9.53. The summed E-state index contributed by atoms with van der Waals surface area (Å²) in [6, 6.07) is 1.23. The Labute approximate surface area is 142 Å². The van der Waals surface area contributed by atoms with Crippen molar-refractivity contribution in [2.75, 3.05) is 27.2 Å². The van der Waals surface area contributed by atoms with Crippen LogP contribution in [0.2, 0.25) is 0 Å². The third-order valence-electron chi connectivity index (χ3n) is 6.11. The molecule has 23 heavy (non-hydrogen) atoms. The molecule has 134 valence electrons. The molecule has 1 saturated heterocycles. The highest BCUT2D eigenvalue weighted by Gasteiger charge is 2.30. The molecular weight excluding hydrogens is 288 g/mol. The monoisotopic (exact) mass is 324 g/mol. The fourth-order valence-corrected chi connectivity index (χ4v) is 4.07. The fraction of sp³-hybridized carbons (Fsp3) is 0.947. The van der Waals surface area contributed by atoms with Crippen LogP contribution in [0.5, 0.6) is 0 Å². The van der Waals surface area contributed by atoms with Gasteiger partial charge in [0.2, 0.25) is 5.91 Å². The van der Waals surface area contributed by atoms with Crippen molar-refractivity contribution in [3.63, 3.8) is 0 Å². The number of methoxy groups -OCH3 is 1. The first-order chi connectivity index (χ1) is 11.0. The molecule has 1 atom stereocenters. The van der Waals surface area contributed by atoms with E-state index >= 15 is 0 Å². The number of likely N-dealkylation sites (tertiary alicyclic amines) is 1. The number of rotatable bonds is 6. The molecule has 2 fully saturated rings. The average Bonchev–Trinajstić information content (AvgIpc) is 2.59. The van der Waals surface area contributed by atoms with Gasteiger partial charge in [0.1, 0.15) is 0 Å². The molecule has 4 nitrogen and oxygen atoms in total. The van der Waals surface area contributed by atoms with E-state index in [1.165, 1.54) is 25.7 Å². The molecule has 0 aromatic heterocycles. The first-order valence-electron chi connectivity index (χ1n) is 9.53. The fourth-order valence-electron chi connectivity index (χ4n) is 4.07. The molecule has 1 aliphatic carbocycles. The summed E-state index contributed by atoms with van der Waals surface area (Å²) in [6.07, 6.45) is 9.38. The number of carbonyl (C=O) groups excluding carboxylic acids is 1. The summed E-state index contributed by atoms with van der Waals surface area (Å²) in [5, 5.41) is 0. The van der Waals surface area contributed by atoms with Crippen LogP contribution in [-0.4, -0.2) is 61.1 Å². The Balaban J connectivity index is 1.71. The molecule has 0 bridgehead atoms. The van der Waals surface area contributed by atoms with Crippen molar-refractivity contribution >= 4 is 5.91 Å². The number of ether oxygens (including phenoxy) is 1. The van der Waals surface area contributed by atoms with Crippen molar-refractivity contribution in [1.82, 2.24) is 9.80 Å². The zero-order chi connectivity index (χ0) is 16.8. The lowest BCUT2D eigenvalue weighted by Gasteiger charge is -2.42. The molecule has 1 amide bonds. The molecule has 1 aliphatic heterocycles. The maximum absolute atomic E-state index is 12.3. The Morgan fingerprint density at radius 2 is 1.78 bits per heavy atom. The molecular formula is C19H36N2O2. The van der Waals surface area contributed by atoms with Gasteiger partial charge in [0.25, 0.3) is 0 Å². The number of nitrogens with zero attached hydrogens (tertiary/aromatic N) is 2. The second-order valence-corrected chi connectivity index (χ2v) is 7.77. The first kappa shape index (κ1) is 18.7. The van der Waals surface area contributed by atoms with Crippen LogP contribution in [0.3, 0.4) is 0 Å². The van der Waals surface area contributed by atoms with Crippen LogP contribution in [0.25, 0.3) is 0 Å². The minimum atomic E-state index is 0.169. The summed E-state index contributed by atoms with van der Waals surface area (Å²) in [5.74, 6) is 1.20. The van der Waals surface area contributed by atoms with Crippen LogP contribution in [0, 0.1) is 5.92 Å². The van der Waals surface area contributed by atoms with Gasteiger partial charge in [-0.05, 0) is 57.8 Å². The van der Waals surface area contributed by atoms with Crippen LogP contribution in [0.15, 0.2) is 0 Å². The maximum Gasteiger partial charge on any atom is 0.222 e. The van der Waals surface area contributed by atoms with Crippen LogP contribution in [0.4, 0.5) is 0 Å². The standard InChI is InChI=1S/C19H36N2O2/c1-15-5-8-18(9-6-15)21-13-11-17(12-14-21)20(3)19(22)10-7-16(2)23-4/h15-18H,5-14H2,1-4H3/t15?,16-,18?/m1/s1. The van der Waals surface area contributed by atoms with Gasteiger partial charge in [0.05, 0.1) is 6.10 Å². The molecule has 0 spiro atoms. The average molecular weight is 325 g/mol. The van der Waals surface area contributed by atoms with Crippen molar-refractivity contribution in [3.8, 4) is 0 Å². The van der Waals surface area contributed by atoms with E-state index in [2.05, 4.69) is 11.8 Å². The van der Waals surface area contributed by atoms with Crippen molar-refractivity contribution < 1.29 is 9.53 Å². The Hall–Kier alpha value is -0.610. The molecule has 0 N–H and O–H groups in total. The second-order valence-electron chi connectivity index (χ2n) is 7.77. The van der Waals surface area contributed by atoms with Gasteiger partial charge in [-0.3, -0.25) is 4.79 Å². The van der Waals surface area contributed by atoms with E-state index in [1.54, 1.807) is 7.11 Å². The smallest absolute Gasteiger partial charge is 0.222 e. The topological polar surface area (TPSA) is 32.8 Å². The quantitative estimate of drug-likeness (QED) is 0.751. The van der Waals surface area contributed by atoms with Crippen LogP contribution >= 0.6 is 0 Å². The van der Waals surface area contributed by atoms with E-state index in [0.29, 0.717) is 12.5 Å². The minimum Gasteiger partial charge on any atom is -0.382 e. The maximum atomic E-state index is 12.3. The van der Waals surface area contributed by atoms with Crippen molar-refractivity contribution in [2.45, 2.75) is 83.4 Å². The number of hydrogen-bond acceptors (Lipinski definition) is 3. The third kappa shape index (κ3) is 5.46. The minimum absolute atomic E-state index is 0.169. The van der Waals surface area contributed by atoms with E-state index in [4.69, 9.17) is 4.74 Å². The van der Waals surface area contributed by atoms with Gasteiger partial charge in [0.15, 0.2) is 0 Å². The Morgan fingerprint density at radius 3 is 2.35 bits per heavy atom. The highest BCUT2D eigenvalue weighted by molar-refractivity contribution is 5.76. The Morgan fingerprint density at radius 1 is 1.17 bits per heavy atom. The highest BCUT2D eigenvalue weighted by Crippen LogP contribution is 2.29. The van der Waals surface area contributed by atoms with E-state index in [9.17, 15) is 4.79 Å². The molecule has 0 unspecified atom stereocenters. The summed E-state index contributed by atoms with van der Waals surface area (Å²) in [6.45, 7) is 6.73. The predicted molar refractivity (Wildman–Crippen MR) is 94.5 cm³/mol. The summed E-state index contributed by atoms with van der Waals surface area (Å²) in [7, 11) is 3.70. The molecule has 0 aromatic rings. The Bertz CT molecular complexity index is 358.